The summed E-state index contributed by atoms with van der Waals surface area (Å²) in [6.45, 7) is 0. The minimum Gasteiger partial charge on any atom is -0.469 e. The summed E-state index contributed by atoms with van der Waals surface area (Å²) in [6, 6.07) is 0. The zero-order chi connectivity index (χ0) is 13.9. The lowest BCUT2D eigenvalue weighted by atomic mass is 10.1. The maximum atomic E-state index is 13.6. The molecule has 0 atom stereocenters. The minimum atomic E-state index is -3.41. The van der Waals surface area contributed by atoms with Gasteiger partial charge in [0.05, 0.1) is 13.5 Å². The van der Waals surface area contributed by atoms with Gasteiger partial charge in [-0.3, -0.25) is 4.79 Å². The highest BCUT2D eigenvalue weighted by molar-refractivity contribution is 5.72. The molecule has 0 saturated heterocycles. The number of carbonyl (C=O) groups excluding carboxylic acids is 1. The van der Waals surface area contributed by atoms with Crippen LogP contribution in [0.15, 0.2) is 6.20 Å². The molecule has 0 spiro atoms. The Hall–Kier alpha value is -2.19. The summed E-state index contributed by atoms with van der Waals surface area (Å²) >= 11 is 0. The van der Waals surface area contributed by atoms with Gasteiger partial charge in [-0.2, -0.15) is 0 Å². The number of carbonyl (C=O) groups is 1. The lowest BCUT2D eigenvalue weighted by Gasteiger charge is -2.06. The highest BCUT2D eigenvalue weighted by atomic mass is 19.3. The first-order chi connectivity index (χ1) is 8.38. The van der Waals surface area contributed by atoms with Crippen LogP contribution in [-0.4, -0.2) is 23.0 Å². The molecule has 0 amide bonds. The van der Waals surface area contributed by atoms with Gasteiger partial charge in [0.2, 0.25) is 0 Å². The topological polar surface area (TPSA) is 82.3 Å². The van der Waals surface area contributed by atoms with E-state index >= 15 is 0 Å². The van der Waals surface area contributed by atoms with Gasteiger partial charge in [0.15, 0.2) is 5.56 Å². The van der Waals surface area contributed by atoms with Crippen LogP contribution in [0.3, 0.4) is 0 Å². The molecule has 0 radical (unpaired) electrons. The number of esters is 1. The average molecular weight is 264 g/mol. The molecule has 9 heteroatoms. The van der Waals surface area contributed by atoms with Crippen molar-refractivity contribution < 1.29 is 27.6 Å². The number of hydrogen-bond acceptors (Lipinski definition) is 5. The van der Waals surface area contributed by atoms with Gasteiger partial charge in [0.1, 0.15) is 12.0 Å². The Bertz CT molecular complexity index is 493. The summed E-state index contributed by atoms with van der Waals surface area (Å²) in [5.74, 6) is -3.65. The van der Waals surface area contributed by atoms with E-state index in [0.717, 1.165) is 7.11 Å². The molecule has 98 valence electrons. The summed E-state index contributed by atoms with van der Waals surface area (Å²) in [5.41, 5.74) is -1.91. The zero-order valence-electron chi connectivity index (χ0n) is 9.02. The van der Waals surface area contributed by atoms with E-state index in [2.05, 4.69) is 9.72 Å². The third-order valence-electron chi connectivity index (χ3n) is 2.06. The van der Waals surface area contributed by atoms with Crippen LogP contribution in [0, 0.1) is 15.9 Å². The molecule has 18 heavy (non-hydrogen) atoms. The van der Waals surface area contributed by atoms with Crippen LogP contribution < -0.4 is 0 Å². The Labute approximate surface area is 98.5 Å². The highest BCUT2D eigenvalue weighted by Gasteiger charge is 2.30. The van der Waals surface area contributed by atoms with E-state index in [4.69, 9.17) is 0 Å². The molecular weight excluding hydrogens is 257 g/mol. The number of methoxy groups -OCH3 is 1. The van der Waals surface area contributed by atoms with E-state index in [1.165, 1.54) is 0 Å². The Morgan fingerprint density at radius 3 is 2.67 bits per heavy atom. The van der Waals surface area contributed by atoms with Gasteiger partial charge in [-0.05, 0) is 9.91 Å². The number of alkyl halides is 2. The van der Waals surface area contributed by atoms with Crippen molar-refractivity contribution in [3.05, 3.63) is 33.3 Å². The first-order valence-electron chi connectivity index (χ1n) is 4.55. The number of pyridine rings is 1. The van der Waals surface area contributed by atoms with Crippen molar-refractivity contribution in [1.29, 1.82) is 0 Å². The van der Waals surface area contributed by atoms with Crippen LogP contribution in [-0.2, 0) is 16.0 Å². The number of halogens is 3. The third kappa shape index (κ3) is 2.73. The fourth-order valence-electron chi connectivity index (χ4n) is 1.23. The maximum Gasteiger partial charge on any atom is 0.375 e. The second-order valence-electron chi connectivity index (χ2n) is 3.15. The largest absolute Gasteiger partial charge is 0.469 e. The monoisotopic (exact) mass is 264 g/mol. The summed E-state index contributed by atoms with van der Waals surface area (Å²) < 4.78 is 42.9. The number of nitro groups is 1. The Morgan fingerprint density at radius 1 is 1.61 bits per heavy atom. The molecule has 0 aliphatic carbocycles. The molecule has 0 aliphatic rings. The number of hydrogen-bond donors (Lipinski definition) is 0. The first-order valence-corrected chi connectivity index (χ1v) is 4.55. The second-order valence-corrected chi connectivity index (χ2v) is 3.15. The minimum absolute atomic E-state index is 0.484. The van der Waals surface area contributed by atoms with Gasteiger partial charge >= 0.3 is 11.8 Å². The fourth-order valence-corrected chi connectivity index (χ4v) is 1.23. The standard InChI is InChI=1S/C9H7F3N2O4/c1-18-5(15)2-4-3-13-9(14(16)17)6(7(4)10)8(11)12/h3,8H,2H2,1H3. The Morgan fingerprint density at radius 2 is 2.22 bits per heavy atom. The molecule has 0 saturated carbocycles. The molecule has 0 N–H and O–H groups in total. The van der Waals surface area contributed by atoms with E-state index in [0.29, 0.717) is 6.20 Å². The maximum absolute atomic E-state index is 13.6. The second kappa shape index (κ2) is 5.43. The van der Waals surface area contributed by atoms with Crippen molar-refractivity contribution in [2.45, 2.75) is 12.8 Å². The van der Waals surface area contributed by atoms with Crippen LogP contribution in [0.2, 0.25) is 0 Å². The summed E-state index contributed by atoms with van der Waals surface area (Å²) in [6.07, 6.45) is -3.38. The molecule has 0 aliphatic heterocycles. The van der Waals surface area contributed by atoms with Gasteiger partial charge in [0.25, 0.3) is 6.43 Å². The summed E-state index contributed by atoms with van der Waals surface area (Å²) in [7, 11) is 1.03. The van der Waals surface area contributed by atoms with Crippen LogP contribution in [0.4, 0.5) is 19.0 Å². The number of aromatic nitrogens is 1. The number of rotatable bonds is 4. The van der Waals surface area contributed by atoms with Gasteiger partial charge < -0.3 is 14.9 Å². The Balaban J connectivity index is 3.30. The van der Waals surface area contributed by atoms with Crippen molar-refractivity contribution in [3.63, 3.8) is 0 Å². The smallest absolute Gasteiger partial charge is 0.375 e. The number of ether oxygens (including phenoxy) is 1. The lowest BCUT2D eigenvalue weighted by molar-refractivity contribution is -0.391. The summed E-state index contributed by atoms with van der Waals surface area (Å²) in [4.78, 5) is 23.2. The molecule has 0 bridgehead atoms. The average Bonchev–Trinajstić information content (AvgIpc) is 2.30. The van der Waals surface area contributed by atoms with Gasteiger partial charge in [-0.25, -0.2) is 13.2 Å². The first kappa shape index (κ1) is 13.9. The quantitative estimate of drug-likeness (QED) is 0.470. The molecule has 6 nitrogen and oxygen atoms in total. The van der Waals surface area contributed by atoms with E-state index in [-0.39, 0.29) is 0 Å². The van der Waals surface area contributed by atoms with E-state index in [1.54, 1.807) is 0 Å². The third-order valence-corrected chi connectivity index (χ3v) is 2.06. The summed E-state index contributed by atoms with van der Waals surface area (Å²) in [5, 5.41) is 10.4. The van der Waals surface area contributed by atoms with Gasteiger partial charge in [-0.1, -0.05) is 0 Å². The molecule has 0 unspecified atom stereocenters. The van der Waals surface area contributed by atoms with Crippen LogP contribution in [0.5, 0.6) is 0 Å². The molecule has 1 aromatic rings. The molecule has 1 rings (SSSR count). The number of nitrogens with zero attached hydrogens (tertiary/aromatic N) is 2. The normalized spacial score (nSPS) is 10.5. The molecule has 0 aromatic carbocycles. The lowest BCUT2D eigenvalue weighted by Crippen LogP contribution is -2.10. The van der Waals surface area contributed by atoms with Gasteiger partial charge in [-0.15, -0.1) is 0 Å². The molecule has 1 aromatic heterocycles. The van der Waals surface area contributed by atoms with Crippen LogP contribution >= 0.6 is 0 Å². The molecule has 0 fully saturated rings. The predicted molar refractivity (Wildman–Crippen MR) is 51.5 cm³/mol. The van der Waals surface area contributed by atoms with Crippen molar-refractivity contribution in [3.8, 4) is 0 Å². The zero-order valence-corrected chi connectivity index (χ0v) is 9.02. The SMILES string of the molecule is COC(=O)Cc1cnc([N+](=O)[O-])c(C(F)F)c1F. The molecular formula is C9H7F3N2O4. The van der Waals surface area contributed by atoms with Crippen molar-refractivity contribution in [2.24, 2.45) is 0 Å². The van der Waals surface area contributed by atoms with Crippen molar-refractivity contribution in [2.75, 3.05) is 7.11 Å². The van der Waals surface area contributed by atoms with Crippen LogP contribution in [0.25, 0.3) is 0 Å². The van der Waals surface area contributed by atoms with E-state index < -0.39 is 46.5 Å². The Kier molecular flexibility index (Phi) is 4.18. The van der Waals surface area contributed by atoms with Crippen LogP contribution in [0.1, 0.15) is 17.6 Å². The van der Waals surface area contributed by atoms with E-state index in [9.17, 15) is 28.1 Å². The molecule has 1 heterocycles. The van der Waals surface area contributed by atoms with Crippen molar-refractivity contribution in [1.82, 2.24) is 4.98 Å². The van der Waals surface area contributed by atoms with E-state index in [1.807, 2.05) is 0 Å². The fraction of sp³-hybridized carbons (Fsp3) is 0.333. The van der Waals surface area contributed by atoms with Gasteiger partial charge in [0, 0.05) is 5.56 Å². The van der Waals surface area contributed by atoms with Crippen molar-refractivity contribution >= 4 is 11.8 Å². The highest BCUT2D eigenvalue weighted by Crippen LogP contribution is 2.31. The predicted octanol–water partition coefficient (Wildman–Crippen LogP) is 1.78.